The monoisotopic (exact) mass is 426 g/mol. The van der Waals surface area contributed by atoms with Crippen LogP contribution in [-0.2, 0) is 13.0 Å². The molecule has 2 heterocycles. The van der Waals surface area contributed by atoms with Crippen molar-refractivity contribution >= 4 is 16.9 Å². The standard InChI is InChI=1S/C26H42N4O/c1-4-7-18-29(19-8-5-2)26(31)22-13-14-23-24(21-22)30(25(6-3)27-23)20-12-17-28-15-10-9-11-16-28/h13-14,21H,4-12,15-20H2,1-3H3. The molecule has 1 aromatic heterocycles. The molecule has 0 aliphatic carbocycles. The molecular weight excluding hydrogens is 384 g/mol. The first-order valence-electron chi connectivity index (χ1n) is 12.7. The maximum absolute atomic E-state index is 13.3. The van der Waals surface area contributed by atoms with Gasteiger partial charge in [0.15, 0.2) is 0 Å². The van der Waals surface area contributed by atoms with E-state index in [2.05, 4.69) is 36.3 Å². The van der Waals surface area contributed by atoms with Crippen LogP contribution in [0.2, 0.25) is 0 Å². The Morgan fingerprint density at radius 2 is 1.68 bits per heavy atom. The van der Waals surface area contributed by atoms with Crippen LogP contribution < -0.4 is 0 Å². The first-order valence-corrected chi connectivity index (χ1v) is 12.7. The van der Waals surface area contributed by atoms with Gasteiger partial charge in [-0.05, 0) is 69.9 Å². The molecular formula is C26H42N4O. The van der Waals surface area contributed by atoms with Crippen LogP contribution in [0, 0.1) is 0 Å². The quantitative estimate of drug-likeness (QED) is 0.449. The molecule has 1 aliphatic rings. The van der Waals surface area contributed by atoms with E-state index in [9.17, 15) is 4.79 Å². The summed E-state index contributed by atoms with van der Waals surface area (Å²) in [5, 5.41) is 0. The highest BCUT2D eigenvalue weighted by Gasteiger charge is 2.18. The van der Waals surface area contributed by atoms with Crippen molar-refractivity contribution in [1.82, 2.24) is 19.4 Å². The van der Waals surface area contributed by atoms with Gasteiger partial charge in [0.2, 0.25) is 0 Å². The minimum Gasteiger partial charge on any atom is -0.339 e. The summed E-state index contributed by atoms with van der Waals surface area (Å²) < 4.78 is 2.36. The summed E-state index contributed by atoms with van der Waals surface area (Å²) in [6, 6.07) is 6.11. The lowest BCUT2D eigenvalue weighted by atomic mass is 10.1. The predicted octanol–water partition coefficient (Wildman–Crippen LogP) is 5.52. The molecule has 1 amide bonds. The maximum Gasteiger partial charge on any atom is 0.253 e. The summed E-state index contributed by atoms with van der Waals surface area (Å²) in [6.45, 7) is 12.9. The Bertz CT molecular complexity index is 814. The Morgan fingerprint density at radius 3 is 2.32 bits per heavy atom. The van der Waals surface area contributed by atoms with E-state index in [1.54, 1.807) is 0 Å². The number of rotatable bonds is 12. The Morgan fingerprint density at radius 1 is 0.968 bits per heavy atom. The number of likely N-dealkylation sites (tertiary alicyclic amines) is 1. The molecule has 1 fully saturated rings. The summed E-state index contributed by atoms with van der Waals surface area (Å²) in [6.07, 6.45) is 10.5. The van der Waals surface area contributed by atoms with Gasteiger partial charge in [0, 0.05) is 31.6 Å². The number of aryl methyl sites for hydroxylation is 2. The molecule has 0 saturated carbocycles. The zero-order valence-corrected chi connectivity index (χ0v) is 20.0. The second kappa shape index (κ2) is 12.2. The second-order valence-electron chi connectivity index (χ2n) is 8.99. The average Bonchev–Trinajstić information content (AvgIpc) is 3.16. The highest BCUT2D eigenvalue weighted by atomic mass is 16.2. The fourth-order valence-corrected chi connectivity index (χ4v) is 4.66. The van der Waals surface area contributed by atoms with Gasteiger partial charge in [-0.3, -0.25) is 4.79 Å². The lowest BCUT2D eigenvalue weighted by molar-refractivity contribution is 0.0751. The lowest BCUT2D eigenvalue weighted by Crippen LogP contribution is -2.33. The van der Waals surface area contributed by atoms with Gasteiger partial charge >= 0.3 is 0 Å². The van der Waals surface area contributed by atoms with Crippen LogP contribution in [0.25, 0.3) is 11.0 Å². The Hall–Kier alpha value is -1.88. The minimum atomic E-state index is 0.169. The van der Waals surface area contributed by atoms with Gasteiger partial charge in [-0.25, -0.2) is 4.98 Å². The van der Waals surface area contributed by atoms with Gasteiger partial charge in [-0.1, -0.05) is 40.0 Å². The second-order valence-corrected chi connectivity index (χ2v) is 8.99. The number of hydrogen-bond acceptors (Lipinski definition) is 3. The molecule has 31 heavy (non-hydrogen) atoms. The highest BCUT2D eigenvalue weighted by molar-refractivity contribution is 5.97. The van der Waals surface area contributed by atoms with Gasteiger partial charge in [0.25, 0.3) is 5.91 Å². The van der Waals surface area contributed by atoms with Crippen molar-refractivity contribution in [2.45, 2.75) is 85.1 Å². The van der Waals surface area contributed by atoms with E-state index in [-0.39, 0.29) is 5.91 Å². The summed E-state index contributed by atoms with van der Waals surface area (Å²) in [5.41, 5.74) is 2.94. The van der Waals surface area contributed by atoms with E-state index >= 15 is 0 Å². The third kappa shape index (κ3) is 6.31. The number of piperidine rings is 1. The van der Waals surface area contributed by atoms with Gasteiger partial charge in [-0.2, -0.15) is 0 Å². The van der Waals surface area contributed by atoms with E-state index in [1.165, 1.54) is 32.4 Å². The molecule has 3 rings (SSSR count). The third-order valence-corrected chi connectivity index (χ3v) is 6.55. The fraction of sp³-hybridized carbons (Fsp3) is 0.692. The van der Waals surface area contributed by atoms with Gasteiger partial charge in [-0.15, -0.1) is 0 Å². The molecule has 2 aromatic rings. The van der Waals surface area contributed by atoms with Crippen molar-refractivity contribution in [2.75, 3.05) is 32.7 Å². The first kappa shape index (κ1) is 23.8. The fourth-order valence-electron chi connectivity index (χ4n) is 4.66. The molecule has 0 N–H and O–H groups in total. The van der Waals surface area contributed by atoms with Crippen molar-refractivity contribution in [3.05, 3.63) is 29.6 Å². The minimum absolute atomic E-state index is 0.169. The normalized spacial score (nSPS) is 14.9. The van der Waals surface area contributed by atoms with E-state index < -0.39 is 0 Å². The summed E-state index contributed by atoms with van der Waals surface area (Å²) in [5.74, 6) is 1.30. The molecule has 172 valence electrons. The number of amides is 1. The zero-order valence-electron chi connectivity index (χ0n) is 20.0. The van der Waals surface area contributed by atoms with Gasteiger partial charge in [0.05, 0.1) is 11.0 Å². The Kier molecular flexibility index (Phi) is 9.38. The molecule has 5 heteroatoms. The van der Waals surface area contributed by atoms with Crippen molar-refractivity contribution in [1.29, 1.82) is 0 Å². The highest BCUT2D eigenvalue weighted by Crippen LogP contribution is 2.21. The van der Waals surface area contributed by atoms with Crippen LogP contribution in [0.3, 0.4) is 0 Å². The third-order valence-electron chi connectivity index (χ3n) is 6.55. The molecule has 0 radical (unpaired) electrons. The topological polar surface area (TPSA) is 41.4 Å². The summed E-state index contributed by atoms with van der Waals surface area (Å²) >= 11 is 0. The van der Waals surface area contributed by atoms with Crippen LogP contribution in [0.15, 0.2) is 18.2 Å². The Labute approximate surface area is 188 Å². The lowest BCUT2D eigenvalue weighted by Gasteiger charge is -2.26. The van der Waals surface area contributed by atoms with E-state index in [0.29, 0.717) is 0 Å². The smallest absolute Gasteiger partial charge is 0.253 e. The molecule has 1 saturated heterocycles. The van der Waals surface area contributed by atoms with E-state index in [4.69, 9.17) is 4.98 Å². The van der Waals surface area contributed by atoms with Crippen molar-refractivity contribution in [3.8, 4) is 0 Å². The van der Waals surface area contributed by atoms with Crippen molar-refractivity contribution < 1.29 is 4.79 Å². The molecule has 0 bridgehead atoms. The number of unbranched alkanes of at least 4 members (excludes halogenated alkanes) is 2. The molecule has 1 aromatic carbocycles. The Balaban J connectivity index is 1.77. The number of fused-ring (bicyclic) bond motifs is 1. The maximum atomic E-state index is 13.3. The van der Waals surface area contributed by atoms with Crippen LogP contribution in [0.5, 0.6) is 0 Å². The number of hydrogen-bond donors (Lipinski definition) is 0. The van der Waals surface area contributed by atoms with E-state index in [1.807, 2.05) is 17.0 Å². The number of nitrogens with zero attached hydrogens (tertiary/aromatic N) is 4. The molecule has 5 nitrogen and oxygen atoms in total. The van der Waals surface area contributed by atoms with Crippen LogP contribution in [0.4, 0.5) is 0 Å². The molecule has 0 spiro atoms. The van der Waals surface area contributed by atoms with Crippen molar-refractivity contribution in [3.63, 3.8) is 0 Å². The van der Waals surface area contributed by atoms with Gasteiger partial charge < -0.3 is 14.4 Å². The molecule has 0 unspecified atom stereocenters. The van der Waals surface area contributed by atoms with Crippen LogP contribution >= 0.6 is 0 Å². The predicted molar refractivity (Wildman–Crippen MR) is 130 cm³/mol. The summed E-state index contributed by atoms with van der Waals surface area (Å²) in [4.78, 5) is 22.8. The number of carbonyl (C=O) groups is 1. The number of aromatic nitrogens is 2. The largest absolute Gasteiger partial charge is 0.339 e. The SMILES string of the molecule is CCCCN(CCCC)C(=O)c1ccc2nc(CC)n(CCCN3CCCCC3)c2c1. The first-order chi connectivity index (χ1) is 15.2. The molecule has 0 atom stereocenters. The summed E-state index contributed by atoms with van der Waals surface area (Å²) in [7, 11) is 0. The van der Waals surface area contributed by atoms with Crippen LogP contribution in [-0.4, -0.2) is 58.0 Å². The van der Waals surface area contributed by atoms with Crippen molar-refractivity contribution in [2.24, 2.45) is 0 Å². The number of imidazole rings is 1. The number of carbonyl (C=O) groups excluding carboxylic acids is 1. The van der Waals surface area contributed by atoms with Crippen LogP contribution in [0.1, 0.15) is 88.3 Å². The molecule has 1 aliphatic heterocycles. The van der Waals surface area contributed by atoms with Gasteiger partial charge in [0.1, 0.15) is 5.82 Å². The zero-order chi connectivity index (χ0) is 22.1. The number of benzene rings is 1. The van der Waals surface area contributed by atoms with E-state index in [0.717, 1.165) is 87.1 Å². The average molecular weight is 427 g/mol.